The van der Waals surface area contributed by atoms with E-state index in [1.54, 1.807) is 0 Å². The Balaban J connectivity index is 1.74. The van der Waals surface area contributed by atoms with Crippen LogP contribution in [0.2, 0.25) is 0 Å². The van der Waals surface area contributed by atoms with Crippen molar-refractivity contribution in [2.24, 2.45) is 5.92 Å². The zero-order chi connectivity index (χ0) is 36.1. The van der Waals surface area contributed by atoms with Crippen molar-refractivity contribution in [1.82, 2.24) is 19.9 Å². The Kier molecular flexibility index (Phi) is 8.98. The molecule has 10 heteroatoms. The molecule has 0 saturated heterocycles. The molecule has 0 spiro atoms. The Bertz CT molecular complexity index is 2250. The van der Waals surface area contributed by atoms with E-state index in [9.17, 15) is 19.5 Å². The largest absolute Gasteiger partial charge is 0.481 e. The minimum atomic E-state index is -0.896. The van der Waals surface area contributed by atoms with Crippen LogP contribution in [0.4, 0.5) is 0 Å². The van der Waals surface area contributed by atoms with Gasteiger partial charge in [-0.25, -0.2) is 9.78 Å². The molecule has 3 aromatic heterocycles. The zero-order valence-electron chi connectivity index (χ0n) is 29.5. The smallest absolute Gasteiger partial charge is 0.334 e. The Labute approximate surface area is 290 Å². The number of fused-ring (bicyclic) bond motifs is 11. The van der Waals surface area contributed by atoms with Gasteiger partial charge in [0.15, 0.2) is 0 Å². The number of aromatic nitrogens is 4. The van der Waals surface area contributed by atoms with Gasteiger partial charge in [-0.05, 0) is 98.2 Å². The van der Waals surface area contributed by atoms with E-state index in [0.717, 1.165) is 78.1 Å². The monoisotopic (exact) mass is 674 g/mol. The molecule has 0 radical (unpaired) electrons. The number of carbonyl (C=O) groups excluding carboxylic acids is 2. The average molecular weight is 675 g/mol. The summed E-state index contributed by atoms with van der Waals surface area (Å²) >= 11 is 0. The van der Waals surface area contributed by atoms with Crippen molar-refractivity contribution in [3.8, 4) is 0 Å². The molecular weight excluding hydrogens is 632 g/mol. The number of hydrogen-bond acceptors (Lipinski definition) is 7. The second-order valence-corrected chi connectivity index (χ2v) is 13.3. The predicted octanol–water partition coefficient (Wildman–Crippen LogP) is 7.57. The summed E-state index contributed by atoms with van der Waals surface area (Å²) in [6.45, 7) is 14.2. The van der Waals surface area contributed by atoms with E-state index in [4.69, 9.17) is 19.4 Å². The minimum absolute atomic E-state index is 0.0535. The highest BCUT2D eigenvalue weighted by molar-refractivity contribution is 5.96. The first-order valence-corrected chi connectivity index (χ1v) is 16.7. The number of nitrogens with zero attached hydrogens (tertiary/aromatic N) is 2. The van der Waals surface area contributed by atoms with Crippen molar-refractivity contribution in [3.05, 3.63) is 93.6 Å². The van der Waals surface area contributed by atoms with Gasteiger partial charge < -0.3 is 24.5 Å². The van der Waals surface area contributed by atoms with E-state index in [-0.39, 0.29) is 30.7 Å². The molecule has 0 saturated carbocycles. The van der Waals surface area contributed by atoms with Crippen molar-refractivity contribution in [3.63, 3.8) is 0 Å². The highest BCUT2D eigenvalue weighted by atomic mass is 16.5. The summed E-state index contributed by atoms with van der Waals surface area (Å²) in [4.78, 5) is 54.4. The average Bonchev–Trinajstić information content (AvgIpc) is 3.74. The summed E-state index contributed by atoms with van der Waals surface area (Å²) in [6.07, 6.45) is 6.46. The molecule has 6 rings (SSSR count). The van der Waals surface area contributed by atoms with E-state index < -0.39 is 11.4 Å². The third-order valence-corrected chi connectivity index (χ3v) is 10.7. The number of carboxylic acid groups (broad SMARTS) is 1. The number of carbonyl (C=O) groups is 3. The molecule has 50 heavy (non-hydrogen) atoms. The van der Waals surface area contributed by atoms with Crippen LogP contribution in [0.15, 0.2) is 48.6 Å². The van der Waals surface area contributed by atoms with Crippen molar-refractivity contribution in [2.75, 3.05) is 14.2 Å². The number of methoxy groups -OCH3 is 2. The molecule has 3 N–H and O–H groups in total. The van der Waals surface area contributed by atoms with E-state index in [0.29, 0.717) is 24.1 Å². The van der Waals surface area contributed by atoms with Gasteiger partial charge in [0, 0.05) is 57.4 Å². The summed E-state index contributed by atoms with van der Waals surface area (Å²) in [5.41, 5.74) is 12.5. The Morgan fingerprint density at radius 2 is 1.56 bits per heavy atom. The van der Waals surface area contributed by atoms with Gasteiger partial charge in [-0.2, -0.15) is 0 Å². The quantitative estimate of drug-likeness (QED) is 0.207. The van der Waals surface area contributed by atoms with Gasteiger partial charge in [-0.1, -0.05) is 31.7 Å². The first kappa shape index (κ1) is 34.4. The Hall–Kier alpha value is -5.51. The van der Waals surface area contributed by atoms with Crippen molar-refractivity contribution in [1.29, 1.82) is 0 Å². The van der Waals surface area contributed by atoms with Crippen LogP contribution in [0, 0.1) is 19.8 Å². The fourth-order valence-electron chi connectivity index (χ4n) is 7.46. The van der Waals surface area contributed by atoms with Crippen LogP contribution in [-0.2, 0) is 35.7 Å². The van der Waals surface area contributed by atoms with E-state index in [1.165, 1.54) is 14.2 Å². The molecule has 0 unspecified atom stereocenters. The van der Waals surface area contributed by atoms with Crippen LogP contribution < -0.4 is 0 Å². The maximum atomic E-state index is 12.9. The molecule has 1 aliphatic carbocycles. The van der Waals surface area contributed by atoms with Crippen molar-refractivity contribution >= 4 is 62.8 Å². The van der Waals surface area contributed by atoms with Gasteiger partial charge in [0.05, 0.1) is 37.0 Å². The molecule has 258 valence electrons. The lowest BCUT2D eigenvalue weighted by atomic mass is 9.65. The third kappa shape index (κ3) is 5.68. The lowest BCUT2D eigenvalue weighted by Gasteiger charge is -2.36. The number of aryl methyl sites for hydroxylation is 3. The molecule has 2 atom stereocenters. The van der Waals surface area contributed by atoms with E-state index in [1.807, 2.05) is 70.2 Å². The second kappa shape index (κ2) is 13.1. The molecule has 0 aromatic carbocycles. The van der Waals surface area contributed by atoms with Gasteiger partial charge in [-0.15, -0.1) is 0 Å². The number of rotatable bonds is 8. The van der Waals surface area contributed by atoms with E-state index in [2.05, 4.69) is 23.5 Å². The number of aromatic amines is 2. The van der Waals surface area contributed by atoms with Gasteiger partial charge in [-0.3, -0.25) is 14.6 Å². The van der Waals surface area contributed by atoms with Gasteiger partial charge >= 0.3 is 17.9 Å². The molecule has 0 amide bonds. The standard InChI is InChI=1S/C40H42N4O6/c1-9-24-20(2)30-17-35-28-13-10-27(39(48)50-8)23(5)40(28,6)36(44-35)19-31-22(4)25(11-14-37(45)46)33(43-31)18-34-26(12-15-38(47)49-7)21(3)29(42-34)16-32(24)41-30/h9-10,13,16-19,23,41,43H,1,11-12,14-15H2,2-8H3,(H,45,46)/t23-,40-/m0/s1. The van der Waals surface area contributed by atoms with Crippen LogP contribution in [0.3, 0.4) is 0 Å². The SMILES string of the molecule is C=Cc1c(C)c2cc3nc(cc4[nH]c(cc5nc(cc1[nH]2)C(C)=C5CCC(=O)OC)c(CCC(=O)O)c4C)[C@]1(C)C3=CC=C(C(=O)OC)[C@@H]1C. The molecule has 3 aliphatic rings. The number of carboxylic acids is 1. The maximum absolute atomic E-state index is 12.9. The topological polar surface area (TPSA) is 147 Å². The molecule has 2 aliphatic heterocycles. The second-order valence-electron chi connectivity index (χ2n) is 13.3. The van der Waals surface area contributed by atoms with Crippen LogP contribution in [0.5, 0.6) is 0 Å². The molecule has 0 fully saturated rings. The summed E-state index contributed by atoms with van der Waals surface area (Å²) in [5.74, 6) is -1.87. The lowest BCUT2D eigenvalue weighted by molar-refractivity contribution is -0.140. The molecular formula is C40H42N4O6. The summed E-state index contributed by atoms with van der Waals surface area (Å²) in [7, 11) is 2.76. The van der Waals surface area contributed by atoms with Crippen LogP contribution in [-0.4, -0.2) is 57.2 Å². The molecule has 3 aromatic rings. The van der Waals surface area contributed by atoms with Crippen molar-refractivity contribution in [2.45, 2.75) is 65.7 Å². The number of nitrogens with one attached hydrogen (secondary N) is 2. The molecule has 5 heterocycles. The first-order valence-electron chi connectivity index (χ1n) is 16.7. The van der Waals surface area contributed by atoms with Crippen LogP contribution in [0.1, 0.15) is 85.1 Å². The number of esters is 2. The van der Waals surface area contributed by atoms with E-state index >= 15 is 0 Å². The number of allylic oxidation sites excluding steroid dienone is 5. The number of aliphatic carboxylic acids is 1. The zero-order valence-corrected chi connectivity index (χ0v) is 29.5. The molecule has 8 bridgehead atoms. The number of H-pyrrole nitrogens is 2. The normalized spacial score (nSPS) is 18.3. The van der Waals surface area contributed by atoms with Crippen molar-refractivity contribution < 1.29 is 29.0 Å². The van der Waals surface area contributed by atoms with Crippen LogP contribution in [0.25, 0.3) is 44.9 Å². The third-order valence-electron chi connectivity index (χ3n) is 10.7. The molecule has 10 nitrogen and oxygen atoms in total. The number of hydrogen-bond donors (Lipinski definition) is 3. The fraction of sp³-hybridized carbons (Fsp3) is 0.325. The maximum Gasteiger partial charge on any atom is 0.334 e. The number of ether oxygens (including phenoxy) is 2. The fourth-order valence-corrected chi connectivity index (χ4v) is 7.46. The Morgan fingerprint density at radius 1 is 0.880 bits per heavy atom. The lowest BCUT2D eigenvalue weighted by Crippen LogP contribution is -2.34. The first-order chi connectivity index (χ1) is 23.8. The highest BCUT2D eigenvalue weighted by Gasteiger charge is 2.47. The van der Waals surface area contributed by atoms with Gasteiger partial charge in [0.2, 0.25) is 0 Å². The summed E-state index contributed by atoms with van der Waals surface area (Å²) < 4.78 is 10.1. The summed E-state index contributed by atoms with van der Waals surface area (Å²) in [5, 5.41) is 9.64. The predicted molar refractivity (Wildman–Crippen MR) is 195 cm³/mol. The van der Waals surface area contributed by atoms with Gasteiger partial charge in [0.1, 0.15) is 0 Å². The van der Waals surface area contributed by atoms with Gasteiger partial charge in [0.25, 0.3) is 0 Å². The minimum Gasteiger partial charge on any atom is -0.481 e. The highest BCUT2D eigenvalue weighted by Crippen LogP contribution is 2.51. The summed E-state index contributed by atoms with van der Waals surface area (Å²) in [6, 6.07) is 7.99. The van der Waals surface area contributed by atoms with Crippen LogP contribution >= 0.6 is 0 Å². The Morgan fingerprint density at radius 3 is 2.24 bits per heavy atom.